The second kappa shape index (κ2) is 21.9. The van der Waals surface area contributed by atoms with Crippen LogP contribution in [0.15, 0.2) is 0 Å². The Balaban J connectivity index is 1.02. The van der Waals surface area contributed by atoms with Gasteiger partial charge in [0.15, 0.2) is 44.0 Å². The van der Waals surface area contributed by atoms with Gasteiger partial charge in [-0.25, -0.2) is 0 Å². The maximum atomic E-state index is 11.3. The van der Waals surface area contributed by atoms with Crippen LogP contribution in [0.2, 0.25) is 0 Å². The van der Waals surface area contributed by atoms with Crippen molar-refractivity contribution in [3.63, 3.8) is 0 Å². The molecule has 14 N–H and O–H groups in total. The van der Waals surface area contributed by atoms with Crippen LogP contribution in [-0.2, 0) is 66.3 Å². The molecule has 21 fully saturated rings. The van der Waals surface area contributed by atoms with Crippen molar-refractivity contribution in [2.45, 2.75) is 263 Å². The zero-order valence-corrected chi connectivity index (χ0v) is 39.2. The van der Waals surface area contributed by atoms with Crippen molar-refractivity contribution in [3.05, 3.63) is 0 Å². The lowest BCUT2D eigenvalue weighted by Crippen LogP contribution is -2.66. The van der Waals surface area contributed by atoms with Gasteiger partial charge < -0.3 is 138 Å². The minimum atomic E-state index is -1.89. The molecule has 0 radical (unpaired) electrons. The minimum Gasteiger partial charge on any atom is -0.387 e. The van der Waals surface area contributed by atoms with E-state index in [2.05, 4.69) is 0 Å². The summed E-state index contributed by atoms with van der Waals surface area (Å²) in [6, 6.07) is 0. The SMILES string of the molecule is CC1O[C@@H]2O[C@@H]3C(C)O[C@H](O[C@@H]4C(C)O[C@H](O[C@@H]5C(C)O[C@H](O[C@@H]6C(C)O[C@H](O[C@@H]7C(C)O[C@H](O[C@@H]8C(C)O[C@H](O[C@H]1[C@H](O)C2O)C(O)[C@H]8O)C(O)[C@H]7O)C(O)[C@H]6O)C(O)[C@H]5O)C(O)[C@H]4O)C(O)[C@H]3O. The predicted octanol–water partition coefficient (Wildman–Crippen LogP) is -8.04. The first-order valence-electron chi connectivity index (χ1n) is 23.6. The van der Waals surface area contributed by atoms with Crippen molar-refractivity contribution >= 4 is 0 Å². The summed E-state index contributed by atoms with van der Waals surface area (Å²) in [6.45, 7) is 9.99. The Morgan fingerprint density at radius 2 is 0.257 bits per heavy atom. The molecule has 0 aromatic carbocycles. The number of hydrogen-bond donors (Lipinski definition) is 14. The van der Waals surface area contributed by atoms with E-state index in [1.54, 1.807) is 0 Å². The molecule has 14 bridgehead atoms. The largest absolute Gasteiger partial charge is 0.387 e. The number of hydrogen-bond acceptors (Lipinski definition) is 28. The molecule has 70 heavy (non-hydrogen) atoms. The van der Waals surface area contributed by atoms with E-state index >= 15 is 0 Å². The van der Waals surface area contributed by atoms with E-state index in [1.807, 2.05) is 0 Å². The molecule has 0 spiro atoms. The van der Waals surface area contributed by atoms with E-state index < -0.39 is 215 Å². The summed E-state index contributed by atoms with van der Waals surface area (Å²) in [6.07, 6.45) is -55.6. The van der Waals surface area contributed by atoms with Gasteiger partial charge in [-0.1, -0.05) is 0 Å². The third kappa shape index (κ3) is 10.4. The summed E-state index contributed by atoms with van der Waals surface area (Å²) in [4.78, 5) is 0. The molecular formula is C42H70O28. The van der Waals surface area contributed by atoms with E-state index in [1.165, 1.54) is 48.5 Å². The number of aliphatic hydroxyl groups is 14. The van der Waals surface area contributed by atoms with Crippen LogP contribution in [0.25, 0.3) is 0 Å². The normalized spacial score (nSPS) is 59.7. The smallest absolute Gasteiger partial charge is 0.187 e. The van der Waals surface area contributed by atoms with Gasteiger partial charge in [0.25, 0.3) is 0 Å². The van der Waals surface area contributed by atoms with Crippen LogP contribution in [-0.4, -0.2) is 286 Å². The van der Waals surface area contributed by atoms with Crippen molar-refractivity contribution in [2.75, 3.05) is 0 Å². The number of ether oxygens (including phenoxy) is 14. The molecule has 21 rings (SSSR count). The highest BCUT2D eigenvalue weighted by atomic mass is 16.8. The second-order valence-corrected chi connectivity index (χ2v) is 19.5. The van der Waals surface area contributed by atoms with Gasteiger partial charge in [-0.05, 0) is 48.5 Å². The average Bonchev–Trinajstić information content (AvgIpc) is 3.31. The molecule has 21 aliphatic heterocycles. The van der Waals surface area contributed by atoms with E-state index in [-0.39, 0.29) is 0 Å². The molecule has 35 atom stereocenters. The van der Waals surface area contributed by atoms with Crippen LogP contribution in [0.1, 0.15) is 48.5 Å². The zero-order valence-electron chi connectivity index (χ0n) is 39.2. The highest BCUT2D eigenvalue weighted by molar-refractivity contribution is 5.00. The van der Waals surface area contributed by atoms with Gasteiger partial charge in [-0.2, -0.15) is 0 Å². The molecular weight excluding hydrogens is 952 g/mol. The van der Waals surface area contributed by atoms with Crippen LogP contribution in [0, 0.1) is 0 Å². The molecule has 14 unspecified atom stereocenters. The molecule has 0 aliphatic carbocycles. The first-order valence-corrected chi connectivity index (χ1v) is 23.6. The van der Waals surface area contributed by atoms with Crippen LogP contribution < -0.4 is 0 Å². The second-order valence-electron chi connectivity index (χ2n) is 19.5. The van der Waals surface area contributed by atoms with Gasteiger partial charge in [0.05, 0.1) is 42.7 Å². The van der Waals surface area contributed by atoms with Crippen LogP contribution in [0.5, 0.6) is 0 Å². The van der Waals surface area contributed by atoms with Gasteiger partial charge in [0.2, 0.25) is 0 Å². The molecule has 0 aromatic rings. The Kier molecular flexibility index (Phi) is 17.2. The molecule has 0 aromatic heterocycles. The summed E-state index contributed by atoms with van der Waals surface area (Å²) in [5.41, 5.74) is 0. The molecule has 28 nitrogen and oxygen atoms in total. The van der Waals surface area contributed by atoms with E-state index in [0.717, 1.165) is 0 Å². The van der Waals surface area contributed by atoms with E-state index in [0.29, 0.717) is 0 Å². The summed E-state index contributed by atoms with van der Waals surface area (Å²) in [5.74, 6) is 0. The van der Waals surface area contributed by atoms with Gasteiger partial charge in [0.1, 0.15) is 128 Å². The van der Waals surface area contributed by atoms with Crippen molar-refractivity contribution in [1.29, 1.82) is 0 Å². The first-order chi connectivity index (χ1) is 32.9. The van der Waals surface area contributed by atoms with Crippen LogP contribution in [0.4, 0.5) is 0 Å². The lowest BCUT2D eigenvalue weighted by atomic mass is 9.96. The Morgan fingerprint density at radius 1 is 0.157 bits per heavy atom. The summed E-state index contributed by atoms with van der Waals surface area (Å²) in [7, 11) is 0. The molecule has 0 amide bonds. The van der Waals surface area contributed by atoms with Crippen LogP contribution >= 0.6 is 0 Å². The van der Waals surface area contributed by atoms with Gasteiger partial charge in [-0.3, -0.25) is 0 Å². The fourth-order valence-corrected chi connectivity index (χ4v) is 10.2. The molecule has 21 saturated heterocycles. The van der Waals surface area contributed by atoms with Crippen LogP contribution in [0.3, 0.4) is 0 Å². The van der Waals surface area contributed by atoms with Crippen molar-refractivity contribution in [1.82, 2.24) is 0 Å². The van der Waals surface area contributed by atoms with Gasteiger partial charge in [0, 0.05) is 0 Å². The number of aliphatic hydroxyl groups excluding tert-OH is 14. The van der Waals surface area contributed by atoms with Gasteiger partial charge >= 0.3 is 0 Å². The third-order valence-electron chi connectivity index (χ3n) is 14.5. The summed E-state index contributed by atoms with van der Waals surface area (Å²) in [5, 5.41) is 157. The fraction of sp³-hybridized carbons (Fsp3) is 1.00. The number of rotatable bonds is 0. The van der Waals surface area contributed by atoms with E-state index in [4.69, 9.17) is 66.3 Å². The first kappa shape index (κ1) is 55.1. The lowest BCUT2D eigenvalue weighted by molar-refractivity contribution is -0.390. The monoisotopic (exact) mass is 1020 g/mol. The average molecular weight is 1020 g/mol. The third-order valence-corrected chi connectivity index (χ3v) is 14.5. The Morgan fingerprint density at radius 3 is 0.357 bits per heavy atom. The Bertz CT molecular complexity index is 1370. The standard InChI is InChI=1S/C42H70O28/c1-8-29-15(43)22(50)36(57-8)65-30-9(2)59-38(24(52)17(30)45)67-32-11(4)61-40(26(54)19(32)47)69-34-13(6)63-42(28(56)21(34)49)70-35-14(7)62-41(27(55)20(35)48)68-33-12(5)60-39(25(53)18(33)46)66-31-10(3)58-37(64-29)23(51)16(31)44/h8-56H,1-7H3/t8?,9?,10?,11?,12?,13?,14?,15-,16-,17-,18-,19-,20-,21-,22?,23?,24?,25?,26?,27?,28?,29-,30-,31-,32-,33-,34-,35-,36-,37-,38-,39-,40-,41-,42-/m1/s1. The Hall–Kier alpha value is -1.12. The van der Waals surface area contributed by atoms with Crippen molar-refractivity contribution < 1.29 is 138 Å². The van der Waals surface area contributed by atoms with Crippen molar-refractivity contribution in [3.8, 4) is 0 Å². The van der Waals surface area contributed by atoms with Gasteiger partial charge in [-0.15, -0.1) is 0 Å². The summed E-state index contributed by atoms with van der Waals surface area (Å²) >= 11 is 0. The minimum absolute atomic E-state index is 1.14. The van der Waals surface area contributed by atoms with Crippen molar-refractivity contribution in [2.24, 2.45) is 0 Å². The Labute approximate surface area is 400 Å². The summed E-state index contributed by atoms with van der Waals surface area (Å²) < 4.78 is 82.0. The topological polar surface area (TPSA) is 412 Å². The predicted molar refractivity (Wildman–Crippen MR) is 219 cm³/mol. The molecule has 406 valence electrons. The fourth-order valence-electron chi connectivity index (χ4n) is 10.2. The molecule has 0 saturated carbocycles. The van der Waals surface area contributed by atoms with E-state index in [9.17, 15) is 71.5 Å². The quantitative estimate of drug-likeness (QED) is 0.107. The maximum Gasteiger partial charge on any atom is 0.187 e. The lowest BCUT2D eigenvalue weighted by Gasteiger charge is -2.49. The molecule has 21 aliphatic rings. The maximum absolute atomic E-state index is 11.3. The highest BCUT2D eigenvalue weighted by Gasteiger charge is 2.58. The highest BCUT2D eigenvalue weighted by Crippen LogP contribution is 2.38. The molecule has 28 heteroatoms. The zero-order chi connectivity index (χ0) is 51.1. The molecule has 21 heterocycles.